The first-order valence-corrected chi connectivity index (χ1v) is 8.82. The van der Waals surface area contributed by atoms with Crippen molar-refractivity contribution >= 4 is 35.6 Å². The Kier molecular flexibility index (Phi) is 7.36. The van der Waals surface area contributed by atoms with Crippen LogP contribution in [0.3, 0.4) is 0 Å². The summed E-state index contributed by atoms with van der Waals surface area (Å²) in [6, 6.07) is 2.44. The van der Waals surface area contributed by atoms with E-state index in [4.69, 9.17) is 4.42 Å². The Labute approximate surface area is 172 Å². The number of anilines is 1. The minimum atomic E-state index is 0. The van der Waals surface area contributed by atoms with Crippen molar-refractivity contribution in [1.82, 2.24) is 20.4 Å². The van der Waals surface area contributed by atoms with E-state index in [0.717, 1.165) is 43.4 Å². The zero-order chi connectivity index (χ0) is 17.8. The molecule has 1 saturated heterocycles. The van der Waals surface area contributed by atoms with Crippen LogP contribution in [0, 0.1) is 13.8 Å². The van der Waals surface area contributed by atoms with Crippen molar-refractivity contribution in [1.29, 1.82) is 0 Å². The molecule has 1 atom stereocenters. The smallest absolute Gasteiger partial charge is 0.191 e. The van der Waals surface area contributed by atoms with Crippen LogP contribution in [0.2, 0.25) is 0 Å². The molecule has 2 aromatic heterocycles. The Hall–Kier alpha value is -1.71. The van der Waals surface area contributed by atoms with Crippen LogP contribution in [0.4, 0.5) is 5.69 Å². The summed E-state index contributed by atoms with van der Waals surface area (Å²) >= 11 is 0. The molecule has 0 bridgehead atoms. The number of guanidine groups is 1. The molecule has 2 aromatic rings. The normalized spacial score (nSPS) is 17.8. The molecule has 0 spiro atoms. The highest BCUT2D eigenvalue weighted by molar-refractivity contribution is 14.0. The number of hydrogen-bond acceptors (Lipinski definition) is 4. The number of halogens is 1. The van der Waals surface area contributed by atoms with Crippen molar-refractivity contribution in [3.05, 3.63) is 35.5 Å². The van der Waals surface area contributed by atoms with Crippen LogP contribution >= 0.6 is 24.0 Å². The van der Waals surface area contributed by atoms with Crippen molar-refractivity contribution < 1.29 is 4.42 Å². The minimum absolute atomic E-state index is 0. The van der Waals surface area contributed by atoms with E-state index in [9.17, 15) is 0 Å². The first kappa shape index (κ1) is 20.6. The summed E-state index contributed by atoms with van der Waals surface area (Å²) < 4.78 is 7.43. The minimum Gasteiger partial charge on any atom is -0.466 e. The SMILES string of the molecule is CN=C(NCc1cc(C)oc1C)NC1CCCN(c2cnn(C)c2)C1.I. The molecule has 26 heavy (non-hydrogen) atoms. The van der Waals surface area contributed by atoms with Gasteiger partial charge >= 0.3 is 0 Å². The maximum Gasteiger partial charge on any atom is 0.191 e. The van der Waals surface area contributed by atoms with Crippen molar-refractivity contribution in [3.63, 3.8) is 0 Å². The quantitative estimate of drug-likeness (QED) is 0.407. The molecule has 1 fully saturated rings. The van der Waals surface area contributed by atoms with Crippen molar-refractivity contribution in [2.45, 2.75) is 39.3 Å². The molecule has 0 radical (unpaired) electrons. The van der Waals surface area contributed by atoms with E-state index in [2.05, 4.69) is 37.9 Å². The van der Waals surface area contributed by atoms with Crippen LogP contribution in [0.5, 0.6) is 0 Å². The number of nitrogens with one attached hydrogen (secondary N) is 2. The highest BCUT2D eigenvalue weighted by Gasteiger charge is 2.21. The van der Waals surface area contributed by atoms with Crippen LogP contribution in [0.25, 0.3) is 0 Å². The van der Waals surface area contributed by atoms with E-state index < -0.39 is 0 Å². The number of aryl methyl sites for hydroxylation is 3. The van der Waals surface area contributed by atoms with E-state index in [1.54, 1.807) is 0 Å². The predicted molar refractivity (Wildman–Crippen MR) is 115 cm³/mol. The molecular weight excluding hydrogens is 443 g/mol. The summed E-state index contributed by atoms with van der Waals surface area (Å²) in [5.41, 5.74) is 2.35. The molecule has 0 aliphatic carbocycles. The number of aromatic nitrogens is 2. The Morgan fingerprint density at radius 2 is 2.23 bits per heavy atom. The fourth-order valence-electron chi connectivity index (χ4n) is 3.33. The summed E-state index contributed by atoms with van der Waals surface area (Å²) in [6.45, 7) is 6.70. The summed E-state index contributed by atoms with van der Waals surface area (Å²) in [6.07, 6.45) is 6.30. The van der Waals surface area contributed by atoms with Gasteiger partial charge < -0.3 is 20.0 Å². The first-order valence-electron chi connectivity index (χ1n) is 8.82. The molecule has 0 saturated carbocycles. The molecule has 8 heteroatoms. The molecular formula is C18H29IN6O. The number of rotatable bonds is 4. The van der Waals surface area contributed by atoms with E-state index in [-0.39, 0.29) is 24.0 Å². The zero-order valence-electron chi connectivity index (χ0n) is 16.0. The Bertz CT molecular complexity index is 738. The van der Waals surface area contributed by atoms with Crippen LogP contribution in [-0.4, -0.2) is 41.9 Å². The molecule has 3 heterocycles. The number of hydrogen-bond donors (Lipinski definition) is 2. The summed E-state index contributed by atoms with van der Waals surface area (Å²) in [5.74, 6) is 2.73. The molecule has 0 amide bonds. The third-order valence-corrected chi connectivity index (χ3v) is 4.63. The molecule has 3 rings (SSSR count). The van der Waals surface area contributed by atoms with Gasteiger partial charge in [0.05, 0.1) is 11.9 Å². The molecule has 7 nitrogen and oxygen atoms in total. The van der Waals surface area contributed by atoms with Gasteiger partial charge in [0.25, 0.3) is 0 Å². The zero-order valence-corrected chi connectivity index (χ0v) is 18.3. The third-order valence-electron chi connectivity index (χ3n) is 4.63. The van der Waals surface area contributed by atoms with Gasteiger partial charge in [-0.25, -0.2) is 0 Å². The van der Waals surface area contributed by atoms with Gasteiger partial charge in [0.2, 0.25) is 0 Å². The Morgan fingerprint density at radius 3 is 2.85 bits per heavy atom. The highest BCUT2D eigenvalue weighted by Crippen LogP contribution is 2.19. The highest BCUT2D eigenvalue weighted by atomic mass is 127. The lowest BCUT2D eigenvalue weighted by molar-refractivity contribution is 0.467. The first-order chi connectivity index (χ1) is 12.0. The standard InChI is InChI=1S/C18H28N6O.HI/c1-13-8-15(14(2)25-13)9-20-18(19-3)22-16-6-5-7-24(11-16)17-10-21-23(4)12-17;/h8,10,12,16H,5-7,9,11H2,1-4H3,(H2,19,20,22);1H. The molecule has 0 aromatic carbocycles. The number of furan rings is 1. The monoisotopic (exact) mass is 472 g/mol. The van der Waals surface area contributed by atoms with Gasteiger partial charge in [-0.2, -0.15) is 5.10 Å². The number of nitrogens with zero attached hydrogens (tertiary/aromatic N) is 4. The predicted octanol–water partition coefficient (Wildman–Crippen LogP) is 2.58. The fourth-order valence-corrected chi connectivity index (χ4v) is 3.33. The van der Waals surface area contributed by atoms with Crippen molar-refractivity contribution in [2.75, 3.05) is 25.0 Å². The molecule has 144 valence electrons. The topological polar surface area (TPSA) is 70.6 Å². The van der Waals surface area contributed by atoms with Crippen LogP contribution in [0.1, 0.15) is 29.9 Å². The maximum absolute atomic E-state index is 5.58. The summed E-state index contributed by atoms with van der Waals surface area (Å²) in [4.78, 5) is 6.74. The van der Waals surface area contributed by atoms with Gasteiger partial charge in [-0.05, 0) is 32.8 Å². The van der Waals surface area contributed by atoms with Gasteiger partial charge in [0, 0.05) is 51.5 Å². The maximum atomic E-state index is 5.58. The number of piperidine rings is 1. The second kappa shape index (κ2) is 9.29. The second-order valence-corrected chi connectivity index (χ2v) is 6.67. The van der Waals surface area contributed by atoms with Gasteiger partial charge in [-0.3, -0.25) is 9.67 Å². The van der Waals surface area contributed by atoms with Gasteiger partial charge in [-0.1, -0.05) is 0 Å². The second-order valence-electron chi connectivity index (χ2n) is 6.67. The Morgan fingerprint density at radius 1 is 1.42 bits per heavy atom. The lowest BCUT2D eigenvalue weighted by Crippen LogP contribution is -2.51. The van der Waals surface area contributed by atoms with Crippen LogP contribution in [0.15, 0.2) is 27.9 Å². The largest absolute Gasteiger partial charge is 0.466 e. The van der Waals surface area contributed by atoms with Gasteiger partial charge in [-0.15, -0.1) is 24.0 Å². The molecule has 1 unspecified atom stereocenters. The fraction of sp³-hybridized carbons (Fsp3) is 0.556. The third kappa shape index (κ3) is 5.15. The molecule has 2 N–H and O–H groups in total. The van der Waals surface area contributed by atoms with Crippen LogP contribution in [-0.2, 0) is 13.6 Å². The summed E-state index contributed by atoms with van der Waals surface area (Å²) in [5, 5.41) is 11.2. The average Bonchev–Trinajstić information content (AvgIpc) is 3.17. The Balaban J connectivity index is 0.00000243. The van der Waals surface area contributed by atoms with E-state index in [1.165, 1.54) is 11.3 Å². The van der Waals surface area contributed by atoms with Crippen molar-refractivity contribution in [2.24, 2.45) is 12.0 Å². The van der Waals surface area contributed by atoms with Crippen LogP contribution < -0.4 is 15.5 Å². The average molecular weight is 472 g/mol. The lowest BCUT2D eigenvalue weighted by Gasteiger charge is -2.34. The molecule has 1 aliphatic heterocycles. The summed E-state index contributed by atoms with van der Waals surface area (Å²) in [7, 11) is 3.76. The van der Waals surface area contributed by atoms with Gasteiger partial charge in [0.1, 0.15) is 11.5 Å². The number of aliphatic imine (C=N–C) groups is 1. The van der Waals surface area contributed by atoms with Crippen molar-refractivity contribution in [3.8, 4) is 0 Å². The van der Waals surface area contributed by atoms with E-state index >= 15 is 0 Å². The van der Waals surface area contributed by atoms with E-state index in [1.807, 2.05) is 38.8 Å². The van der Waals surface area contributed by atoms with E-state index in [0.29, 0.717) is 12.6 Å². The molecule has 1 aliphatic rings. The lowest BCUT2D eigenvalue weighted by atomic mass is 10.1. The van der Waals surface area contributed by atoms with Gasteiger partial charge in [0.15, 0.2) is 5.96 Å².